The van der Waals surface area contributed by atoms with Crippen LogP contribution in [0.4, 0.5) is 0 Å². The minimum Gasteiger partial charge on any atom is -0.510 e. The van der Waals surface area contributed by atoms with Gasteiger partial charge >= 0.3 is 8.56 Å². The van der Waals surface area contributed by atoms with Gasteiger partial charge in [0.1, 0.15) is 46.4 Å². The van der Waals surface area contributed by atoms with Gasteiger partial charge < -0.3 is 51.9 Å². The fourth-order valence-electron chi connectivity index (χ4n) is 11.7. The number of aliphatic hydroxyl groups is 2. The summed E-state index contributed by atoms with van der Waals surface area (Å²) in [7, 11) is -2.92. The van der Waals surface area contributed by atoms with E-state index in [1.54, 1.807) is 14.2 Å². The predicted molar refractivity (Wildman–Crippen MR) is 244 cm³/mol. The van der Waals surface area contributed by atoms with E-state index < -0.39 is 87.1 Å². The number of ether oxygens (including phenoxy) is 6. The number of epoxide rings is 2. The lowest BCUT2D eigenvalue weighted by Gasteiger charge is -2.52. The second-order valence-electron chi connectivity index (χ2n) is 22.4. The molecule has 4 saturated heterocycles. The van der Waals surface area contributed by atoms with Gasteiger partial charge in [0, 0.05) is 38.9 Å². The molecule has 0 aromatic heterocycles. The van der Waals surface area contributed by atoms with Crippen LogP contribution in [0.3, 0.4) is 0 Å². The fourth-order valence-corrected chi connectivity index (χ4v) is 17.5. The molecular weight excluding hydrogens is 853 g/mol. The molecule has 3 aromatic rings. The summed E-state index contributed by atoms with van der Waals surface area (Å²) in [5.41, 5.74) is -0.508. The van der Waals surface area contributed by atoms with Crippen molar-refractivity contribution in [2.75, 3.05) is 40.6 Å². The normalized spacial score (nSPS) is 30.3. The summed E-state index contributed by atoms with van der Waals surface area (Å²) in [4.78, 5) is 30.4. The molecule has 2 bridgehead atoms. The molecule has 3 aromatic carbocycles. The molecule has 5 aliphatic heterocycles. The number of carbonyl (C=O) groups excluding carboxylic acids is 2. The van der Waals surface area contributed by atoms with Crippen LogP contribution in [0, 0.1) is 12.8 Å². The van der Waals surface area contributed by atoms with Crippen LogP contribution in [0.25, 0.3) is 10.8 Å². The monoisotopic (exact) mass is 918 g/mol. The second kappa shape index (κ2) is 14.6. The van der Waals surface area contributed by atoms with Crippen molar-refractivity contribution in [2.24, 2.45) is 5.92 Å². The van der Waals surface area contributed by atoms with Gasteiger partial charge in [-0.25, -0.2) is 0 Å². The van der Waals surface area contributed by atoms with Crippen LogP contribution in [-0.2, 0) is 34.8 Å². The standard InChI is InChI=1S/C49H66O13Si2/c1-26-19-30-34-40(33(26)37-42-43(53)48(25-58-48)49(59-42,28(21-50)22-51)47(37)24-57-47)61-64(45(5,6)7,46(8,9)10)62-41(34)36-35(39(30)55-12)31(56-23-27-15-17-29(54-11)18-16-27)20-32(38(36)52)60-63(13,14)44(2,3)4/h15-19,28,31-32,37,42,50-51H,20-25H2,1-14H3/t31-,32-,37?,42?,47-,48-,49?/m0/s1. The summed E-state index contributed by atoms with van der Waals surface area (Å²) in [6, 6.07) is 9.75. The molecule has 7 atom stereocenters. The SMILES string of the molecule is COc1ccc(CO[C@H]2C[C@H](O[Si](C)(C)C(C)(C)C)C(=O)c3c2c(OC)c2cc(C)c(C4C5OC(C(CO)CO)([C@]6(CO6)C5=O)[C@]45CO5)c4c2c3O[Si](C(C)(C)C)(C(C)(C)C)O4)cc1. The first kappa shape index (κ1) is 45.8. The maximum atomic E-state index is 15.7. The van der Waals surface area contributed by atoms with Crippen molar-refractivity contribution in [1.29, 1.82) is 0 Å². The number of aliphatic hydroxyl groups excluding tert-OH is 2. The summed E-state index contributed by atoms with van der Waals surface area (Å²) in [6.45, 7) is 25.2. The van der Waals surface area contributed by atoms with Crippen molar-refractivity contribution < 1.29 is 61.5 Å². The topological polar surface area (TPSA) is 164 Å². The molecule has 64 heavy (non-hydrogen) atoms. The molecule has 0 radical (unpaired) electrons. The quantitative estimate of drug-likeness (QED) is 0.140. The van der Waals surface area contributed by atoms with Gasteiger partial charge in [0.05, 0.1) is 70.2 Å². The molecule has 6 aliphatic rings. The van der Waals surface area contributed by atoms with Crippen molar-refractivity contribution in [3.63, 3.8) is 0 Å². The third kappa shape index (κ3) is 5.96. The Morgan fingerprint density at radius 1 is 0.859 bits per heavy atom. The Morgan fingerprint density at radius 2 is 1.47 bits per heavy atom. The van der Waals surface area contributed by atoms with E-state index in [2.05, 4.69) is 75.4 Å². The van der Waals surface area contributed by atoms with Crippen molar-refractivity contribution in [3.05, 3.63) is 58.1 Å². The number of hydrogen-bond acceptors (Lipinski definition) is 13. The van der Waals surface area contributed by atoms with Crippen LogP contribution >= 0.6 is 0 Å². The van der Waals surface area contributed by atoms with Crippen LogP contribution in [0.5, 0.6) is 23.0 Å². The molecule has 0 saturated carbocycles. The molecule has 13 nitrogen and oxygen atoms in total. The lowest BCUT2D eigenvalue weighted by Crippen LogP contribution is -2.66. The number of ketones is 2. The first-order valence-corrected chi connectivity index (χ1v) is 27.4. The van der Waals surface area contributed by atoms with E-state index in [-0.39, 0.29) is 42.8 Å². The number of aryl methyl sites for hydroxylation is 1. The van der Waals surface area contributed by atoms with E-state index in [0.717, 1.165) is 16.9 Å². The van der Waals surface area contributed by atoms with Gasteiger partial charge in [-0.2, -0.15) is 0 Å². The highest BCUT2D eigenvalue weighted by Gasteiger charge is 2.93. The molecule has 5 heterocycles. The van der Waals surface area contributed by atoms with Gasteiger partial charge in [0.25, 0.3) is 0 Å². The predicted octanol–water partition coefficient (Wildman–Crippen LogP) is 8.16. The molecule has 9 rings (SSSR count). The van der Waals surface area contributed by atoms with E-state index in [0.29, 0.717) is 44.7 Å². The van der Waals surface area contributed by atoms with Gasteiger partial charge in [-0.3, -0.25) is 9.59 Å². The van der Waals surface area contributed by atoms with Crippen LogP contribution < -0.4 is 18.3 Å². The smallest absolute Gasteiger partial charge is 0.471 e. The maximum Gasteiger partial charge on any atom is 0.471 e. The lowest BCUT2D eigenvalue weighted by molar-refractivity contribution is -0.134. The minimum absolute atomic E-state index is 0.115. The fraction of sp³-hybridized carbons (Fsp3) is 0.633. The molecule has 348 valence electrons. The molecule has 0 amide bonds. The van der Waals surface area contributed by atoms with E-state index in [9.17, 15) is 15.0 Å². The first-order valence-electron chi connectivity index (χ1n) is 22.6. The summed E-state index contributed by atoms with van der Waals surface area (Å²) in [6.07, 6.45) is -2.24. The Labute approximate surface area is 378 Å². The van der Waals surface area contributed by atoms with Crippen molar-refractivity contribution in [1.82, 2.24) is 0 Å². The summed E-state index contributed by atoms with van der Waals surface area (Å²) in [5.74, 6) is 0.0962. The van der Waals surface area contributed by atoms with Crippen LogP contribution in [-0.4, -0.2) is 108 Å². The lowest BCUT2D eigenvalue weighted by atomic mass is 9.58. The largest absolute Gasteiger partial charge is 0.510 e. The van der Waals surface area contributed by atoms with Crippen LogP contribution in [0.1, 0.15) is 113 Å². The van der Waals surface area contributed by atoms with Gasteiger partial charge in [-0.15, -0.1) is 0 Å². The number of benzene rings is 3. The number of fused-ring (bicyclic) bond motifs is 6. The van der Waals surface area contributed by atoms with Crippen LogP contribution in [0.15, 0.2) is 30.3 Å². The highest BCUT2D eigenvalue weighted by Crippen LogP contribution is 2.74. The Bertz CT molecular complexity index is 2400. The Kier molecular flexibility index (Phi) is 10.4. The molecule has 4 fully saturated rings. The van der Waals surface area contributed by atoms with E-state index in [1.165, 1.54) is 0 Å². The number of carbonyl (C=O) groups is 2. The summed E-state index contributed by atoms with van der Waals surface area (Å²) < 4.78 is 60.6. The zero-order valence-corrected chi connectivity index (χ0v) is 41.9. The van der Waals surface area contributed by atoms with Crippen molar-refractivity contribution in [2.45, 2.75) is 152 Å². The van der Waals surface area contributed by atoms with Gasteiger partial charge in [0.2, 0.25) is 0 Å². The number of Topliss-reactive ketones (excluding diaryl/α,β-unsaturated/α-hetero) is 2. The summed E-state index contributed by atoms with van der Waals surface area (Å²) in [5, 5.41) is 21.4. The van der Waals surface area contributed by atoms with Crippen molar-refractivity contribution >= 4 is 39.2 Å². The minimum atomic E-state index is -3.62. The molecule has 2 N–H and O–H groups in total. The third-order valence-corrected chi connectivity index (χ3v) is 25.2. The molecule has 2 spiro atoms. The van der Waals surface area contributed by atoms with Gasteiger partial charge in [-0.05, 0) is 54.4 Å². The van der Waals surface area contributed by atoms with Crippen molar-refractivity contribution in [3.8, 4) is 23.0 Å². The second-order valence-corrected chi connectivity index (χ2v) is 31.8. The number of rotatable bonds is 11. The molecule has 15 heteroatoms. The number of methoxy groups -OCH3 is 2. The summed E-state index contributed by atoms with van der Waals surface area (Å²) >= 11 is 0. The first-order chi connectivity index (χ1) is 29.9. The van der Waals surface area contributed by atoms with Gasteiger partial charge in [-0.1, -0.05) is 74.4 Å². The van der Waals surface area contributed by atoms with E-state index in [1.807, 2.05) is 37.3 Å². The highest BCUT2D eigenvalue weighted by molar-refractivity contribution is 6.75. The van der Waals surface area contributed by atoms with Gasteiger partial charge in [0.15, 0.2) is 25.5 Å². The average Bonchev–Trinajstić information content (AvgIpc) is 4.15. The Hall–Kier alpha value is -3.39. The highest BCUT2D eigenvalue weighted by atomic mass is 28.4. The molecular formula is C49H66O13Si2. The molecule has 3 unspecified atom stereocenters. The Morgan fingerprint density at radius 3 is 1.98 bits per heavy atom. The zero-order chi connectivity index (χ0) is 46.5. The van der Waals surface area contributed by atoms with Crippen LogP contribution in [0.2, 0.25) is 28.2 Å². The average molecular weight is 919 g/mol. The molecule has 1 aliphatic carbocycles. The Balaban J connectivity index is 1.33. The van der Waals surface area contributed by atoms with E-state index in [4.69, 9.17) is 41.7 Å². The third-order valence-electron chi connectivity index (χ3n) is 15.8. The van der Waals surface area contributed by atoms with E-state index >= 15 is 4.79 Å². The number of hydrogen-bond donors (Lipinski definition) is 2. The maximum absolute atomic E-state index is 15.7. The zero-order valence-electron chi connectivity index (χ0n) is 39.9.